The Morgan fingerprint density at radius 3 is 2.85 bits per heavy atom. The first-order chi connectivity index (χ1) is 9.67. The highest BCUT2D eigenvalue weighted by Crippen LogP contribution is 2.03. The minimum atomic E-state index is -0.319. The number of unbranched alkanes of at least 4 members (excludes halogenated alkanes) is 3. The number of aliphatic hydroxyl groups is 1. The van der Waals surface area contributed by atoms with Crippen molar-refractivity contribution < 1.29 is 9.90 Å². The van der Waals surface area contributed by atoms with Gasteiger partial charge in [-0.05, 0) is 19.1 Å². The Balaban J connectivity index is 2.44. The quantitative estimate of drug-likeness (QED) is 0.589. The van der Waals surface area contributed by atoms with Crippen LogP contribution in [0.5, 0.6) is 0 Å². The maximum absolute atomic E-state index is 11.9. The van der Waals surface area contributed by atoms with Gasteiger partial charge in [0.1, 0.15) is 11.5 Å². The zero-order valence-electron chi connectivity index (χ0n) is 11.6. The fraction of sp³-hybridized carbons (Fsp3) is 0.615. The summed E-state index contributed by atoms with van der Waals surface area (Å²) in [6.45, 7) is 0.762. The summed E-state index contributed by atoms with van der Waals surface area (Å²) in [5.41, 5.74) is -0.148. The molecule has 112 valence electrons. The third-order valence-electron chi connectivity index (χ3n) is 2.67. The number of thioether (sulfide) groups is 1. The van der Waals surface area contributed by atoms with E-state index in [2.05, 4.69) is 15.3 Å². The Labute approximate surface area is 122 Å². The predicted octanol–water partition coefficient (Wildman–Crippen LogP) is 0.915. The molecule has 0 radical (unpaired) electrons. The summed E-state index contributed by atoms with van der Waals surface area (Å²) in [6.07, 6.45) is 5.46. The standard InChI is InChI=1S/C13H21N3O3S/c1-20-9-11-15-10(8-12(18)16-11)13(19)14-6-4-2-3-5-7-17/h8,17H,2-7,9H2,1H3,(H,14,19)(H,15,16,18). The zero-order chi connectivity index (χ0) is 14.8. The molecular formula is C13H21N3O3S. The Morgan fingerprint density at radius 2 is 2.15 bits per heavy atom. The van der Waals surface area contributed by atoms with E-state index in [-0.39, 0.29) is 23.8 Å². The van der Waals surface area contributed by atoms with Gasteiger partial charge >= 0.3 is 0 Å². The summed E-state index contributed by atoms with van der Waals surface area (Å²) in [7, 11) is 0. The van der Waals surface area contributed by atoms with Gasteiger partial charge in [0.05, 0.1) is 5.75 Å². The van der Waals surface area contributed by atoms with Crippen molar-refractivity contribution in [3.05, 3.63) is 27.9 Å². The Hall–Kier alpha value is -1.34. The first-order valence-electron chi connectivity index (χ1n) is 6.65. The molecule has 0 aromatic carbocycles. The third-order valence-corrected chi connectivity index (χ3v) is 3.24. The molecule has 0 bridgehead atoms. The fourth-order valence-electron chi connectivity index (χ4n) is 1.71. The average molecular weight is 299 g/mol. The molecule has 20 heavy (non-hydrogen) atoms. The number of aromatic nitrogens is 2. The number of carbonyl (C=O) groups is 1. The smallest absolute Gasteiger partial charge is 0.270 e. The highest BCUT2D eigenvalue weighted by atomic mass is 32.2. The topological polar surface area (TPSA) is 95.1 Å². The Morgan fingerprint density at radius 1 is 1.40 bits per heavy atom. The van der Waals surface area contributed by atoms with Crippen LogP contribution in [0.1, 0.15) is 42.0 Å². The minimum absolute atomic E-state index is 0.160. The summed E-state index contributed by atoms with van der Waals surface area (Å²) in [6, 6.07) is 1.21. The first-order valence-corrected chi connectivity index (χ1v) is 8.05. The van der Waals surface area contributed by atoms with Crippen LogP contribution in [0.25, 0.3) is 0 Å². The number of hydrogen-bond acceptors (Lipinski definition) is 5. The number of carbonyl (C=O) groups excluding carboxylic acids is 1. The molecule has 3 N–H and O–H groups in total. The molecule has 0 spiro atoms. The van der Waals surface area contributed by atoms with Crippen LogP contribution in [-0.4, -0.2) is 40.4 Å². The van der Waals surface area contributed by atoms with E-state index in [0.717, 1.165) is 25.7 Å². The van der Waals surface area contributed by atoms with Crippen LogP contribution in [-0.2, 0) is 5.75 Å². The Bertz CT molecular complexity index is 476. The van der Waals surface area contributed by atoms with Gasteiger partial charge in [0.25, 0.3) is 11.5 Å². The lowest BCUT2D eigenvalue weighted by molar-refractivity contribution is 0.0947. The van der Waals surface area contributed by atoms with Crippen molar-refractivity contribution in [2.24, 2.45) is 0 Å². The fourth-order valence-corrected chi connectivity index (χ4v) is 2.12. The minimum Gasteiger partial charge on any atom is -0.396 e. The monoisotopic (exact) mass is 299 g/mol. The summed E-state index contributed by atoms with van der Waals surface area (Å²) >= 11 is 1.53. The molecule has 1 heterocycles. The molecule has 1 amide bonds. The molecule has 0 saturated carbocycles. The van der Waals surface area contributed by atoms with E-state index in [1.54, 1.807) is 0 Å². The molecule has 0 aliphatic heterocycles. The van der Waals surface area contributed by atoms with Gasteiger partial charge in [0, 0.05) is 19.2 Å². The number of amides is 1. The number of hydrogen-bond donors (Lipinski definition) is 3. The number of H-pyrrole nitrogens is 1. The molecule has 1 aromatic heterocycles. The molecule has 0 aliphatic rings. The zero-order valence-corrected chi connectivity index (χ0v) is 12.5. The summed E-state index contributed by atoms with van der Waals surface area (Å²) < 4.78 is 0. The predicted molar refractivity (Wildman–Crippen MR) is 80.0 cm³/mol. The van der Waals surface area contributed by atoms with Crippen molar-refractivity contribution in [2.75, 3.05) is 19.4 Å². The second-order valence-corrected chi connectivity index (χ2v) is 5.27. The van der Waals surface area contributed by atoms with Gasteiger partial charge in [-0.15, -0.1) is 0 Å². The number of rotatable bonds is 9. The van der Waals surface area contributed by atoms with Gasteiger partial charge in [0.15, 0.2) is 0 Å². The SMILES string of the molecule is CSCc1nc(C(=O)NCCCCCCO)cc(=O)[nH]1. The highest BCUT2D eigenvalue weighted by molar-refractivity contribution is 7.97. The van der Waals surface area contributed by atoms with Gasteiger partial charge in [-0.1, -0.05) is 12.8 Å². The lowest BCUT2D eigenvalue weighted by Crippen LogP contribution is -2.27. The third kappa shape index (κ3) is 6.21. The van der Waals surface area contributed by atoms with E-state index in [9.17, 15) is 9.59 Å². The van der Waals surface area contributed by atoms with E-state index < -0.39 is 0 Å². The van der Waals surface area contributed by atoms with E-state index in [0.29, 0.717) is 18.1 Å². The molecule has 0 atom stereocenters. The summed E-state index contributed by atoms with van der Waals surface area (Å²) in [4.78, 5) is 30.0. The van der Waals surface area contributed by atoms with E-state index in [1.165, 1.54) is 17.8 Å². The molecule has 0 fully saturated rings. The number of aliphatic hydroxyl groups excluding tert-OH is 1. The lowest BCUT2D eigenvalue weighted by Gasteiger charge is -2.05. The highest BCUT2D eigenvalue weighted by Gasteiger charge is 2.09. The molecule has 7 heteroatoms. The van der Waals surface area contributed by atoms with Crippen molar-refractivity contribution in [1.29, 1.82) is 0 Å². The van der Waals surface area contributed by atoms with Crippen LogP contribution in [0, 0.1) is 0 Å². The van der Waals surface area contributed by atoms with Crippen molar-refractivity contribution in [3.63, 3.8) is 0 Å². The Kier molecular flexibility index (Phi) is 7.98. The lowest BCUT2D eigenvalue weighted by atomic mass is 10.2. The van der Waals surface area contributed by atoms with Crippen LogP contribution in [0.4, 0.5) is 0 Å². The summed E-state index contributed by atoms with van der Waals surface area (Å²) in [5.74, 6) is 0.760. The molecule has 0 unspecified atom stereocenters. The normalized spacial score (nSPS) is 10.5. The average Bonchev–Trinajstić information content (AvgIpc) is 2.42. The maximum Gasteiger partial charge on any atom is 0.270 e. The molecule has 6 nitrogen and oxygen atoms in total. The van der Waals surface area contributed by atoms with Crippen molar-refractivity contribution in [2.45, 2.75) is 31.4 Å². The maximum atomic E-state index is 11.9. The van der Waals surface area contributed by atoms with Crippen LogP contribution in [0.2, 0.25) is 0 Å². The van der Waals surface area contributed by atoms with Gasteiger partial charge < -0.3 is 15.4 Å². The molecule has 1 rings (SSSR count). The first kappa shape index (κ1) is 16.7. The van der Waals surface area contributed by atoms with Crippen LogP contribution in [0.15, 0.2) is 10.9 Å². The molecular weight excluding hydrogens is 278 g/mol. The van der Waals surface area contributed by atoms with Crippen LogP contribution < -0.4 is 10.9 Å². The summed E-state index contributed by atoms with van der Waals surface area (Å²) in [5, 5.41) is 11.4. The van der Waals surface area contributed by atoms with E-state index >= 15 is 0 Å². The van der Waals surface area contributed by atoms with Crippen LogP contribution in [0.3, 0.4) is 0 Å². The number of nitrogens with one attached hydrogen (secondary N) is 2. The van der Waals surface area contributed by atoms with Crippen molar-refractivity contribution in [3.8, 4) is 0 Å². The van der Waals surface area contributed by atoms with Gasteiger partial charge in [-0.2, -0.15) is 11.8 Å². The van der Waals surface area contributed by atoms with Crippen molar-refractivity contribution >= 4 is 17.7 Å². The largest absolute Gasteiger partial charge is 0.396 e. The van der Waals surface area contributed by atoms with Gasteiger partial charge in [-0.25, -0.2) is 4.98 Å². The van der Waals surface area contributed by atoms with Gasteiger partial charge in [-0.3, -0.25) is 9.59 Å². The number of aromatic amines is 1. The van der Waals surface area contributed by atoms with Crippen molar-refractivity contribution in [1.82, 2.24) is 15.3 Å². The van der Waals surface area contributed by atoms with Gasteiger partial charge in [0.2, 0.25) is 0 Å². The van der Waals surface area contributed by atoms with E-state index in [4.69, 9.17) is 5.11 Å². The van der Waals surface area contributed by atoms with Crippen LogP contribution >= 0.6 is 11.8 Å². The second kappa shape index (κ2) is 9.55. The molecule has 0 saturated heterocycles. The number of nitrogens with zero attached hydrogens (tertiary/aromatic N) is 1. The van der Waals surface area contributed by atoms with E-state index in [1.807, 2.05) is 6.26 Å². The molecule has 1 aromatic rings. The molecule has 0 aliphatic carbocycles. The second-order valence-electron chi connectivity index (χ2n) is 4.40.